The Morgan fingerprint density at radius 3 is 0.977 bits per heavy atom. The van der Waals surface area contributed by atoms with Crippen LogP contribution in [0.25, 0.3) is 0 Å². The van der Waals surface area contributed by atoms with Gasteiger partial charge in [0.2, 0.25) is 0 Å². The Morgan fingerprint density at radius 1 is 0.409 bits per heavy atom. The molecule has 0 N–H and O–H groups in total. The Kier molecular flexibility index (Phi) is 33.4. The number of hydrogen-bond donors (Lipinski definition) is 0. The van der Waals surface area contributed by atoms with Crippen molar-refractivity contribution in [2.24, 2.45) is 0 Å². The third-order valence-electron chi connectivity index (χ3n) is 7.35. The van der Waals surface area contributed by atoms with E-state index in [0.717, 1.165) is 55.8 Å². The van der Waals surface area contributed by atoms with Crippen molar-refractivity contribution < 1.29 is 28.6 Å². The summed E-state index contributed by atoms with van der Waals surface area (Å²) in [6, 6.07) is 0. The van der Waals surface area contributed by atoms with Gasteiger partial charge in [0.25, 0.3) is 0 Å². The van der Waals surface area contributed by atoms with Crippen molar-refractivity contribution in [3.63, 3.8) is 0 Å². The molecule has 0 amide bonds. The monoisotopic (exact) mass is 786 g/mol. The molecule has 0 aliphatic rings. The maximum atomic E-state index is 12.7. The van der Waals surface area contributed by atoms with Crippen molar-refractivity contribution in [1.29, 1.82) is 0 Å². The third kappa shape index (κ3) is 28.5. The normalized spacial score (nSPS) is 11.5. The fourth-order valence-corrected chi connectivity index (χ4v) is 38.3. The second-order valence-electron chi connectivity index (χ2n) is 11.6. The van der Waals surface area contributed by atoms with Crippen LogP contribution in [0.15, 0.2) is 0 Å². The van der Waals surface area contributed by atoms with Crippen LogP contribution < -0.4 is 0 Å². The molecule has 0 aliphatic carbocycles. The molecule has 0 aliphatic heterocycles. The van der Waals surface area contributed by atoms with Crippen LogP contribution in [-0.4, -0.2) is 69.2 Å². The summed E-state index contributed by atoms with van der Waals surface area (Å²) in [7, 11) is 5.10. The second-order valence-corrected chi connectivity index (χ2v) is 45.3. The van der Waals surface area contributed by atoms with E-state index in [9.17, 15) is 14.4 Å². The molecule has 0 heterocycles. The quantitative estimate of drug-likeness (QED) is 0.0280. The van der Waals surface area contributed by atoms with Gasteiger partial charge in [0.15, 0.2) is 0 Å². The Hall–Kier alpha value is 0.259. The van der Waals surface area contributed by atoms with Crippen molar-refractivity contribution >= 4 is 59.0 Å². The summed E-state index contributed by atoms with van der Waals surface area (Å²) in [5, 5.41) is 0. The number of ether oxygens (including phenoxy) is 3. The zero-order valence-electron chi connectivity index (χ0n) is 28.8. The summed E-state index contributed by atoms with van der Waals surface area (Å²) in [6.45, 7) is 10.2. The Bertz CT molecular complexity index is 614. The summed E-state index contributed by atoms with van der Waals surface area (Å²) in [6.07, 6.45) is 22.8. The molecule has 0 bridgehead atoms. The van der Waals surface area contributed by atoms with E-state index >= 15 is 0 Å². The van der Waals surface area contributed by atoms with Gasteiger partial charge in [0.1, 0.15) is 0 Å². The number of carbonyl (C=O) groups excluding carboxylic acids is 3. The topological polar surface area (TPSA) is 78.9 Å². The molecule has 0 fully saturated rings. The van der Waals surface area contributed by atoms with Crippen LogP contribution in [0.4, 0.5) is 0 Å². The molecule has 0 saturated carbocycles. The number of unbranched alkanes of at least 4 members (excludes halogenated alkanes) is 16. The fraction of sp³-hybridized carbons (Fsp3) is 0.912. The predicted octanol–water partition coefficient (Wildman–Crippen LogP) is 10.6. The van der Waals surface area contributed by atoms with Gasteiger partial charge in [-0.05, 0) is 0 Å². The molecule has 0 aromatic rings. The van der Waals surface area contributed by atoms with Gasteiger partial charge in [0.05, 0.1) is 0 Å². The molecule has 0 radical (unpaired) electrons. The Balaban J connectivity index is 4.96. The van der Waals surface area contributed by atoms with Crippen LogP contribution in [0.2, 0.25) is 4.44 Å². The summed E-state index contributed by atoms with van der Waals surface area (Å²) in [5.41, 5.74) is 0. The minimum absolute atomic E-state index is 0.182. The molecule has 0 saturated heterocycles. The molecule has 0 rings (SSSR count). The number of hydrogen-bond acceptors (Lipinski definition) is 9. The summed E-state index contributed by atoms with van der Waals surface area (Å²) in [4.78, 5) is 38.1. The van der Waals surface area contributed by atoms with Crippen LogP contribution in [0, 0.1) is 0 Å². The van der Waals surface area contributed by atoms with E-state index in [1.54, 1.807) is 26.8 Å². The van der Waals surface area contributed by atoms with Crippen molar-refractivity contribution in [2.75, 3.05) is 37.1 Å². The first-order valence-corrected chi connectivity index (χ1v) is 33.3. The first-order valence-electron chi connectivity index (χ1n) is 17.8. The van der Waals surface area contributed by atoms with Crippen molar-refractivity contribution in [3.8, 4) is 0 Å². The molecular formula is C34H66O6S3Sn. The molecule has 10 heteroatoms. The van der Waals surface area contributed by atoms with Crippen molar-refractivity contribution in [2.45, 2.75) is 161 Å². The SMILES string of the molecule is CCCCCCCCOC(=O)C[S][Sn]([CH2]CCC)([S]CC(=O)OCCCCCCCC)[S]CC(=O)OCCCCCCCC. The Morgan fingerprint density at radius 2 is 0.682 bits per heavy atom. The van der Waals surface area contributed by atoms with E-state index in [4.69, 9.17) is 14.2 Å². The first kappa shape index (κ1) is 44.3. The average molecular weight is 786 g/mol. The first-order chi connectivity index (χ1) is 21.4. The fourth-order valence-electron chi connectivity index (χ4n) is 4.57. The zero-order valence-corrected chi connectivity index (χ0v) is 34.1. The van der Waals surface area contributed by atoms with Gasteiger partial charge in [-0.3, -0.25) is 0 Å². The molecule has 0 atom stereocenters. The third-order valence-corrected chi connectivity index (χ3v) is 45.9. The van der Waals surface area contributed by atoms with E-state index in [1.807, 2.05) is 0 Å². The van der Waals surface area contributed by atoms with Gasteiger partial charge in [-0.2, -0.15) is 0 Å². The molecule has 44 heavy (non-hydrogen) atoms. The van der Waals surface area contributed by atoms with Gasteiger partial charge in [-0.15, -0.1) is 0 Å². The number of esters is 3. The summed E-state index contributed by atoms with van der Waals surface area (Å²) >= 11 is -3.30. The van der Waals surface area contributed by atoms with Gasteiger partial charge in [-0.25, -0.2) is 0 Å². The van der Waals surface area contributed by atoms with Crippen LogP contribution in [0.1, 0.15) is 156 Å². The number of rotatable bonds is 33. The van der Waals surface area contributed by atoms with Crippen molar-refractivity contribution in [1.82, 2.24) is 0 Å². The van der Waals surface area contributed by atoms with Crippen LogP contribution >= 0.6 is 26.8 Å². The molecule has 0 aromatic heterocycles. The van der Waals surface area contributed by atoms with Gasteiger partial charge in [0, 0.05) is 0 Å². The zero-order chi connectivity index (χ0) is 32.6. The van der Waals surface area contributed by atoms with E-state index in [1.165, 1.54) is 77.0 Å². The summed E-state index contributed by atoms with van der Waals surface area (Å²) in [5.74, 6) is 0.315. The van der Waals surface area contributed by atoms with Crippen LogP contribution in [0.3, 0.4) is 0 Å². The van der Waals surface area contributed by atoms with E-state index in [2.05, 4.69) is 27.7 Å². The Labute approximate surface area is 283 Å². The van der Waals surface area contributed by atoms with Crippen LogP contribution in [-0.2, 0) is 28.6 Å². The molecular weight excluding hydrogens is 719 g/mol. The van der Waals surface area contributed by atoms with Gasteiger partial charge >= 0.3 is 285 Å². The molecule has 0 unspecified atom stereocenters. The number of carbonyl (C=O) groups is 3. The average Bonchev–Trinajstić information content (AvgIpc) is 3.02. The standard InChI is InChI=1S/3C10H20O2S.C4H9.Sn/c3*1-2-3-4-5-6-7-8-12-10(11)9-13;1-3-4-2;/h3*13H,2-9H2,1H3;1,3-4H2,2H3;/q;;;;+3/p-3. The van der Waals surface area contributed by atoms with Crippen molar-refractivity contribution in [3.05, 3.63) is 0 Å². The second kappa shape index (κ2) is 33.2. The van der Waals surface area contributed by atoms with E-state index in [-0.39, 0.29) is 35.2 Å². The minimum atomic E-state index is -3.30. The molecule has 0 aromatic carbocycles. The molecule has 0 spiro atoms. The predicted molar refractivity (Wildman–Crippen MR) is 196 cm³/mol. The van der Waals surface area contributed by atoms with Gasteiger partial charge < -0.3 is 0 Å². The van der Waals surface area contributed by atoms with Crippen LogP contribution in [0.5, 0.6) is 0 Å². The van der Waals surface area contributed by atoms with E-state index in [0.29, 0.717) is 19.8 Å². The molecule has 260 valence electrons. The van der Waals surface area contributed by atoms with E-state index < -0.39 is 14.2 Å². The summed E-state index contributed by atoms with van der Waals surface area (Å²) < 4.78 is 17.7. The molecule has 6 nitrogen and oxygen atoms in total. The maximum absolute atomic E-state index is 12.7. The van der Waals surface area contributed by atoms with Gasteiger partial charge in [-0.1, -0.05) is 0 Å².